The molecule has 0 unspecified atom stereocenters. The summed E-state index contributed by atoms with van der Waals surface area (Å²) in [6.07, 6.45) is 3.43. The topological polar surface area (TPSA) is 75.0 Å². The summed E-state index contributed by atoms with van der Waals surface area (Å²) in [6.45, 7) is 3.94. The van der Waals surface area contributed by atoms with Gasteiger partial charge in [-0.2, -0.15) is 5.10 Å². The fraction of sp³-hybridized carbons (Fsp3) is 0.500. The molecule has 0 aliphatic rings. The molecule has 1 aromatic heterocycles. The van der Waals surface area contributed by atoms with Gasteiger partial charge in [-0.05, 0) is 13.8 Å². The summed E-state index contributed by atoms with van der Waals surface area (Å²) in [7, 11) is 1.72. The van der Waals surface area contributed by atoms with Crippen LogP contribution in [0.4, 0.5) is 0 Å². The number of hydrogen-bond acceptors (Lipinski definition) is 3. The monoisotopic (exact) mass is 240 g/mol. The van der Waals surface area contributed by atoms with Gasteiger partial charge in [-0.15, -0.1) is 0 Å². The van der Waals surface area contributed by atoms with Gasteiger partial charge in [-0.1, -0.05) is 12.2 Å². The van der Waals surface area contributed by atoms with Crippen LogP contribution in [0, 0.1) is 5.41 Å². The lowest BCUT2D eigenvalue weighted by molar-refractivity contribution is -0.136. The molecule has 0 aromatic carbocycles. The third-order valence-electron chi connectivity index (χ3n) is 2.47. The number of nitrogens with one attached hydrogen (secondary N) is 1. The van der Waals surface area contributed by atoms with Crippen molar-refractivity contribution in [2.75, 3.05) is 7.05 Å². The van der Waals surface area contributed by atoms with Crippen LogP contribution in [0.2, 0.25) is 0 Å². The molecule has 0 fully saturated rings. The van der Waals surface area contributed by atoms with Crippen molar-refractivity contribution >= 4 is 23.1 Å². The molecule has 0 bridgehead atoms. The Balaban J connectivity index is 2.71. The molecule has 88 valence electrons. The van der Waals surface area contributed by atoms with Gasteiger partial charge in [0.2, 0.25) is 5.91 Å². The molecule has 1 heterocycles. The van der Waals surface area contributed by atoms with E-state index >= 15 is 0 Å². The number of nitrogens with two attached hydrogens (primary N) is 1. The van der Waals surface area contributed by atoms with Gasteiger partial charge in [-0.25, -0.2) is 0 Å². The minimum absolute atomic E-state index is 0.0961. The van der Waals surface area contributed by atoms with Crippen LogP contribution in [-0.2, 0) is 11.3 Å². The minimum atomic E-state index is -0.812. The first-order valence-corrected chi connectivity index (χ1v) is 5.29. The van der Waals surface area contributed by atoms with Gasteiger partial charge in [0.15, 0.2) is 0 Å². The van der Waals surface area contributed by atoms with Crippen LogP contribution in [-0.4, -0.2) is 33.0 Å². The lowest BCUT2D eigenvalue weighted by Gasteiger charge is -2.28. The smallest absolute Gasteiger partial charge is 0.235 e. The summed E-state index contributed by atoms with van der Waals surface area (Å²) in [5.74, 6) is -0.0961. The Morgan fingerprint density at radius 1 is 1.69 bits per heavy atom. The molecule has 0 aliphatic heterocycles. The maximum absolute atomic E-state index is 12.1. The van der Waals surface area contributed by atoms with Gasteiger partial charge in [0, 0.05) is 25.4 Å². The zero-order chi connectivity index (χ0) is 12.3. The summed E-state index contributed by atoms with van der Waals surface area (Å²) in [4.78, 5) is 13.9. The van der Waals surface area contributed by atoms with Crippen molar-refractivity contribution in [3.8, 4) is 0 Å². The Hall–Kier alpha value is -1.43. The summed E-state index contributed by atoms with van der Waals surface area (Å²) >= 11 is 4.89. The molecular formula is C10H16N4OS. The first-order chi connectivity index (χ1) is 7.35. The molecule has 0 atom stereocenters. The molecule has 0 radical (unpaired) electrons. The first-order valence-electron chi connectivity index (χ1n) is 4.89. The maximum Gasteiger partial charge on any atom is 0.235 e. The molecule has 0 saturated heterocycles. The zero-order valence-corrected chi connectivity index (χ0v) is 10.5. The first kappa shape index (κ1) is 12.6. The number of carbonyl (C=O) groups is 1. The maximum atomic E-state index is 12.1. The largest absolute Gasteiger partial charge is 0.392 e. The van der Waals surface area contributed by atoms with E-state index in [0.717, 1.165) is 5.56 Å². The molecule has 6 heteroatoms. The highest BCUT2D eigenvalue weighted by Crippen LogP contribution is 2.19. The fourth-order valence-corrected chi connectivity index (χ4v) is 1.38. The van der Waals surface area contributed by atoms with Crippen molar-refractivity contribution in [1.29, 1.82) is 0 Å². The van der Waals surface area contributed by atoms with E-state index in [-0.39, 0.29) is 10.9 Å². The van der Waals surface area contributed by atoms with Crippen LogP contribution in [0.3, 0.4) is 0 Å². The van der Waals surface area contributed by atoms with Crippen LogP contribution in [0.1, 0.15) is 19.4 Å². The van der Waals surface area contributed by atoms with Crippen molar-refractivity contribution in [3.63, 3.8) is 0 Å². The molecular weight excluding hydrogens is 224 g/mol. The van der Waals surface area contributed by atoms with Crippen LogP contribution < -0.4 is 5.73 Å². The number of aromatic amines is 1. The van der Waals surface area contributed by atoms with E-state index in [2.05, 4.69) is 10.2 Å². The number of carbonyl (C=O) groups excluding carboxylic acids is 1. The Labute approximate surface area is 100 Å². The summed E-state index contributed by atoms with van der Waals surface area (Å²) in [5.41, 5.74) is 5.68. The minimum Gasteiger partial charge on any atom is -0.392 e. The second-order valence-electron chi connectivity index (χ2n) is 4.26. The number of thiocarbonyl (C=S) groups is 1. The van der Waals surface area contributed by atoms with Crippen molar-refractivity contribution in [1.82, 2.24) is 15.1 Å². The van der Waals surface area contributed by atoms with E-state index in [4.69, 9.17) is 18.0 Å². The molecule has 16 heavy (non-hydrogen) atoms. The predicted molar refractivity (Wildman–Crippen MR) is 65.6 cm³/mol. The Morgan fingerprint density at radius 3 is 2.75 bits per heavy atom. The quantitative estimate of drug-likeness (QED) is 0.759. The lowest BCUT2D eigenvalue weighted by atomic mass is 9.91. The van der Waals surface area contributed by atoms with Gasteiger partial charge >= 0.3 is 0 Å². The fourth-order valence-electron chi connectivity index (χ4n) is 1.29. The number of hydrogen-bond donors (Lipinski definition) is 2. The van der Waals surface area contributed by atoms with Gasteiger partial charge in [0.1, 0.15) is 0 Å². The third-order valence-corrected chi connectivity index (χ3v) is 2.98. The highest BCUT2D eigenvalue weighted by atomic mass is 32.1. The van der Waals surface area contributed by atoms with E-state index in [9.17, 15) is 4.79 Å². The number of nitrogens with zero attached hydrogens (tertiary/aromatic N) is 2. The highest BCUT2D eigenvalue weighted by Gasteiger charge is 2.33. The second-order valence-corrected chi connectivity index (χ2v) is 4.70. The van der Waals surface area contributed by atoms with E-state index in [1.54, 1.807) is 38.2 Å². The number of aromatic nitrogens is 2. The van der Waals surface area contributed by atoms with Crippen LogP contribution in [0.5, 0.6) is 0 Å². The zero-order valence-electron chi connectivity index (χ0n) is 9.65. The van der Waals surface area contributed by atoms with Crippen LogP contribution in [0.25, 0.3) is 0 Å². The molecule has 3 N–H and O–H groups in total. The summed E-state index contributed by atoms with van der Waals surface area (Å²) in [5, 5.41) is 6.52. The molecule has 0 spiro atoms. The van der Waals surface area contributed by atoms with Crippen molar-refractivity contribution in [3.05, 3.63) is 18.0 Å². The van der Waals surface area contributed by atoms with Crippen molar-refractivity contribution in [2.24, 2.45) is 11.1 Å². The third kappa shape index (κ3) is 2.57. The number of H-pyrrole nitrogens is 1. The molecule has 0 saturated carbocycles. The van der Waals surface area contributed by atoms with Gasteiger partial charge < -0.3 is 10.6 Å². The summed E-state index contributed by atoms with van der Waals surface area (Å²) < 4.78 is 0. The molecule has 1 amide bonds. The molecule has 5 nitrogen and oxygen atoms in total. The highest BCUT2D eigenvalue weighted by molar-refractivity contribution is 7.80. The van der Waals surface area contributed by atoms with Gasteiger partial charge in [0.25, 0.3) is 0 Å². The normalized spacial score (nSPS) is 11.2. The van der Waals surface area contributed by atoms with Crippen LogP contribution >= 0.6 is 12.2 Å². The second kappa shape index (κ2) is 4.61. The van der Waals surface area contributed by atoms with E-state index in [1.807, 2.05) is 0 Å². The van der Waals surface area contributed by atoms with E-state index in [0.29, 0.717) is 6.54 Å². The number of amides is 1. The predicted octanol–water partition coefficient (Wildman–Crippen LogP) is 0.680. The Morgan fingerprint density at radius 2 is 2.31 bits per heavy atom. The molecule has 1 rings (SSSR count). The molecule has 1 aromatic rings. The van der Waals surface area contributed by atoms with E-state index < -0.39 is 5.41 Å². The number of rotatable bonds is 4. The van der Waals surface area contributed by atoms with Crippen molar-refractivity contribution < 1.29 is 4.79 Å². The Kier molecular flexibility index (Phi) is 3.64. The standard InChI is InChI=1S/C10H16N4OS/c1-10(2,8(11)16)9(15)14(3)6-7-4-12-13-5-7/h4-5H,6H2,1-3H3,(H2,11,16)(H,12,13). The van der Waals surface area contributed by atoms with Crippen LogP contribution in [0.15, 0.2) is 12.4 Å². The average molecular weight is 240 g/mol. The van der Waals surface area contributed by atoms with Crippen molar-refractivity contribution in [2.45, 2.75) is 20.4 Å². The average Bonchev–Trinajstić information content (AvgIpc) is 2.68. The summed E-state index contributed by atoms with van der Waals surface area (Å²) in [6, 6.07) is 0. The van der Waals surface area contributed by atoms with Gasteiger partial charge in [-0.3, -0.25) is 9.89 Å². The van der Waals surface area contributed by atoms with Gasteiger partial charge in [0.05, 0.1) is 16.6 Å². The SMILES string of the molecule is CN(Cc1cn[nH]c1)C(=O)C(C)(C)C(N)=S. The lowest BCUT2D eigenvalue weighted by Crippen LogP contribution is -2.45. The van der Waals surface area contributed by atoms with E-state index in [1.165, 1.54) is 0 Å². The Bertz CT molecular complexity index is 386. The molecule has 0 aliphatic carbocycles.